The third-order valence-electron chi connectivity index (χ3n) is 25.2. The number of unbranched alkanes of at least 4 members (excludes halogenated alkanes) is 20. The number of allylic oxidation sites excluding steroid dienone is 4. The number of likely N-dealkylation sites (N-methyl/N-ethyl adjacent to an activating group) is 1. The second kappa shape index (κ2) is 30.1. The van der Waals surface area contributed by atoms with E-state index in [-0.39, 0.29) is 17.4 Å². The van der Waals surface area contributed by atoms with Crippen molar-refractivity contribution in [2.75, 3.05) is 25.0 Å². The molecule has 0 spiro atoms. The fraction of sp³-hybridized carbons (Fsp3) is 0.438. The maximum Gasteiger partial charge on any atom is 0.0681 e. The van der Waals surface area contributed by atoms with Crippen molar-refractivity contribution >= 4 is 22.0 Å². The van der Waals surface area contributed by atoms with Gasteiger partial charge in [0, 0.05) is 54.5 Å². The third kappa shape index (κ3) is 13.0. The molecule has 3 heteroatoms. The summed E-state index contributed by atoms with van der Waals surface area (Å²) in [6.45, 7) is 13.4. The second-order valence-corrected chi connectivity index (χ2v) is 31.6. The highest BCUT2D eigenvalue weighted by Crippen LogP contribution is 2.60. The first kappa shape index (κ1) is 67.5. The normalized spacial score (nSPS) is 17.7. The number of anilines is 1. The molecule has 512 valence electrons. The van der Waals surface area contributed by atoms with Crippen molar-refractivity contribution in [3.05, 3.63) is 237 Å². The third-order valence-corrected chi connectivity index (χ3v) is 25.2. The average molecular weight is 1310 g/mol. The van der Waals surface area contributed by atoms with Gasteiger partial charge in [-0.2, -0.15) is 0 Å². The van der Waals surface area contributed by atoms with Crippen LogP contribution in [-0.4, -0.2) is 30.1 Å². The molecule has 5 aliphatic carbocycles. The number of hydrogen-bond donors (Lipinski definition) is 1. The SMILES string of the molecule is CCCCCCCCC1(CCCCCCCC)c2cc(-c3ccc(CO)cc3)ccc2-c2ccc(-c3ccc4c(c3)C(CCCCCCCC)(CCCCCCCC)c3cc(-c5ccc(N6Cc7ccc8c9c(ccc(c79)C6)C6C=CC7=C9C6=C8C=CC9CN(C)C7)cc5)ccc3-4)cc21. The minimum atomic E-state index is -0.0686. The highest BCUT2D eigenvalue weighted by molar-refractivity contribution is 6.07. The monoisotopic (exact) mass is 1310 g/mol. The van der Waals surface area contributed by atoms with E-state index >= 15 is 0 Å². The molecule has 99 heavy (non-hydrogen) atoms. The molecule has 8 aromatic rings. The quantitative estimate of drug-likeness (QED) is 0.0415. The lowest BCUT2D eigenvalue weighted by atomic mass is 9.65. The Morgan fingerprint density at radius 3 is 1.24 bits per heavy atom. The molecule has 3 nitrogen and oxygen atoms in total. The number of rotatable bonds is 33. The van der Waals surface area contributed by atoms with Gasteiger partial charge in [0.2, 0.25) is 0 Å². The molecular formula is C96H112N2O. The molecule has 2 heterocycles. The first-order valence-electron chi connectivity index (χ1n) is 40.0. The smallest absolute Gasteiger partial charge is 0.0681 e. The van der Waals surface area contributed by atoms with E-state index in [0.29, 0.717) is 11.8 Å². The minimum absolute atomic E-state index is 0.0597. The molecular weight excluding hydrogens is 1200 g/mol. The number of aliphatic hydroxyl groups excluding tert-OH is 1. The summed E-state index contributed by atoms with van der Waals surface area (Å²) in [5.41, 5.74) is 34.2. The van der Waals surface area contributed by atoms with E-state index in [4.69, 9.17) is 0 Å². The Labute approximate surface area is 595 Å². The molecule has 0 bridgehead atoms. The lowest BCUT2D eigenvalue weighted by Crippen LogP contribution is -2.37. The Kier molecular flexibility index (Phi) is 20.5. The van der Waals surface area contributed by atoms with Gasteiger partial charge in [-0.25, -0.2) is 0 Å². The standard InChI is InChI=1S/C96H112N2O/c1-6-10-14-18-22-26-54-95(55-27-23-19-15-11-7-2)87-58-70(68-32-30-67(66-99)31-33-68)36-46-79(87)81-48-38-72(60-89(81)95)73-39-49-82-80-47-37-71(59-88(80)96(90(82)61-73,56-28-24-20-16-12-8-3)57-29-25-21-17-13-9-4)69-34-44-78(45-35-69)98-64-76-42-52-85-83-50-40-74-62-97(5)63-75-41-51-84(93(83)91(74)75)86-53-43-77(65-98)92(76)94(85)86/h30-53,58-61,74,84,99H,6-29,54-57,62-66H2,1-5H3. The lowest BCUT2D eigenvalue weighted by Gasteiger charge is -2.43. The number of benzene rings is 8. The molecule has 0 saturated carbocycles. The van der Waals surface area contributed by atoms with Crippen LogP contribution in [0.25, 0.3) is 72.0 Å². The number of hydrogen-bond acceptors (Lipinski definition) is 3. The van der Waals surface area contributed by atoms with E-state index in [2.05, 4.69) is 214 Å². The van der Waals surface area contributed by atoms with Gasteiger partial charge in [-0.3, -0.25) is 0 Å². The Bertz CT molecular complexity index is 4310. The zero-order valence-corrected chi connectivity index (χ0v) is 61.0. The van der Waals surface area contributed by atoms with Gasteiger partial charge in [0.1, 0.15) is 0 Å². The van der Waals surface area contributed by atoms with Gasteiger partial charge in [-0.15, -0.1) is 0 Å². The Balaban J connectivity index is 0.768. The van der Waals surface area contributed by atoms with Crippen molar-refractivity contribution in [1.82, 2.24) is 4.90 Å². The summed E-state index contributed by atoms with van der Waals surface area (Å²) in [5.74, 6) is 0.810. The van der Waals surface area contributed by atoms with Crippen molar-refractivity contribution in [3.63, 3.8) is 0 Å². The lowest BCUT2D eigenvalue weighted by molar-refractivity contribution is 0.282. The van der Waals surface area contributed by atoms with E-state index in [0.717, 1.165) is 31.7 Å². The van der Waals surface area contributed by atoms with Gasteiger partial charge in [0.05, 0.1) is 6.61 Å². The van der Waals surface area contributed by atoms with Gasteiger partial charge in [0.15, 0.2) is 0 Å². The molecule has 0 aromatic heterocycles. The van der Waals surface area contributed by atoms with E-state index in [1.807, 2.05) is 0 Å². The minimum Gasteiger partial charge on any atom is -0.392 e. The molecule has 7 aliphatic rings. The Morgan fingerprint density at radius 2 is 0.788 bits per heavy atom. The van der Waals surface area contributed by atoms with E-state index in [1.54, 1.807) is 33.4 Å². The summed E-state index contributed by atoms with van der Waals surface area (Å²) in [5, 5.41) is 13.0. The highest BCUT2D eigenvalue weighted by Gasteiger charge is 2.46. The molecule has 2 aliphatic heterocycles. The maximum atomic E-state index is 10.0. The predicted molar refractivity (Wildman–Crippen MR) is 423 cm³/mol. The summed E-state index contributed by atoms with van der Waals surface area (Å²) < 4.78 is 0. The number of fused-ring (bicyclic) bond motifs is 8. The molecule has 0 saturated heterocycles. The Morgan fingerprint density at radius 1 is 0.384 bits per heavy atom. The van der Waals surface area contributed by atoms with Crippen molar-refractivity contribution in [2.24, 2.45) is 5.92 Å². The molecule has 0 amide bonds. The van der Waals surface area contributed by atoms with E-state index in [1.165, 1.54) is 285 Å². The van der Waals surface area contributed by atoms with E-state index < -0.39 is 0 Å². The number of nitrogens with zero attached hydrogens (tertiary/aromatic N) is 2. The molecule has 2 unspecified atom stereocenters. The fourth-order valence-electron chi connectivity index (χ4n) is 20.0. The largest absolute Gasteiger partial charge is 0.392 e. The molecule has 2 atom stereocenters. The first-order valence-corrected chi connectivity index (χ1v) is 40.0. The fourth-order valence-corrected chi connectivity index (χ4v) is 20.0. The van der Waals surface area contributed by atoms with Crippen LogP contribution in [0.1, 0.15) is 263 Å². The van der Waals surface area contributed by atoms with Gasteiger partial charge < -0.3 is 14.9 Å². The summed E-state index contributed by atoms with van der Waals surface area (Å²) >= 11 is 0. The van der Waals surface area contributed by atoms with Crippen LogP contribution in [0.4, 0.5) is 5.69 Å². The van der Waals surface area contributed by atoms with Crippen LogP contribution in [0, 0.1) is 5.92 Å². The maximum absolute atomic E-state index is 10.0. The molecule has 0 radical (unpaired) electrons. The summed E-state index contributed by atoms with van der Waals surface area (Å²) in [6.07, 6.45) is 46.1. The van der Waals surface area contributed by atoms with Gasteiger partial charge in [-0.1, -0.05) is 315 Å². The molecule has 8 aromatic carbocycles. The highest BCUT2D eigenvalue weighted by atomic mass is 16.3. The van der Waals surface area contributed by atoms with Gasteiger partial charge >= 0.3 is 0 Å². The summed E-state index contributed by atoms with van der Waals surface area (Å²) in [7, 11) is 2.28. The average Bonchev–Trinajstić information content (AvgIpc) is 0.895. The van der Waals surface area contributed by atoms with Crippen LogP contribution in [0.2, 0.25) is 0 Å². The van der Waals surface area contributed by atoms with Crippen molar-refractivity contribution in [2.45, 2.75) is 244 Å². The van der Waals surface area contributed by atoms with Crippen LogP contribution < -0.4 is 4.90 Å². The molecule has 0 fully saturated rings. The number of aliphatic hydroxyl groups is 1. The van der Waals surface area contributed by atoms with Crippen LogP contribution in [0.5, 0.6) is 0 Å². The van der Waals surface area contributed by atoms with Crippen LogP contribution in [0.15, 0.2) is 187 Å². The summed E-state index contributed by atoms with van der Waals surface area (Å²) in [6, 6.07) is 59.0. The molecule has 1 N–H and O–H groups in total. The zero-order chi connectivity index (χ0) is 67.5. The van der Waals surface area contributed by atoms with Crippen molar-refractivity contribution in [1.29, 1.82) is 0 Å². The molecule has 15 rings (SSSR count). The second-order valence-electron chi connectivity index (χ2n) is 31.6. The summed E-state index contributed by atoms with van der Waals surface area (Å²) in [4.78, 5) is 5.12. The van der Waals surface area contributed by atoms with Gasteiger partial charge in [-0.05, 0) is 208 Å². The van der Waals surface area contributed by atoms with E-state index in [9.17, 15) is 5.11 Å². The van der Waals surface area contributed by atoms with Crippen molar-refractivity contribution in [3.8, 4) is 55.6 Å². The zero-order valence-electron chi connectivity index (χ0n) is 61.0. The van der Waals surface area contributed by atoms with Crippen LogP contribution >= 0.6 is 0 Å². The van der Waals surface area contributed by atoms with Crippen molar-refractivity contribution < 1.29 is 5.11 Å². The topological polar surface area (TPSA) is 26.7 Å². The van der Waals surface area contributed by atoms with Crippen LogP contribution in [0.3, 0.4) is 0 Å². The predicted octanol–water partition coefficient (Wildman–Crippen LogP) is 26.2. The Hall–Kier alpha value is -7.30. The first-order chi connectivity index (χ1) is 48.8. The van der Waals surface area contributed by atoms with Crippen LogP contribution in [-0.2, 0) is 30.5 Å². The van der Waals surface area contributed by atoms with Gasteiger partial charge in [0.25, 0.3) is 0 Å².